The van der Waals surface area contributed by atoms with E-state index in [2.05, 4.69) is 23.8 Å². The van der Waals surface area contributed by atoms with Gasteiger partial charge in [0.1, 0.15) is 13.2 Å². The number of hydrogen-bond donors (Lipinski definition) is 2. The minimum atomic E-state index is -0.461. The van der Waals surface area contributed by atoms with Gasteiger partial charge in [0.15, 0.2) is 0 Å². The van der Waals surface area contributed by atoms with Crippen LogP contribution in [0.4, 0.5) is 9.59 Å². The number of nitrogens with one attached hydrogen (secondary N) is 2. The minimum absolute atomic E-state index is 0. The fraction of sp³-hybridized carbons (Fsp3) is 0.704. The van der Waals surface area contributed by atoms with E-state index in [0.29, 0.717) is 56.2 Å². The SMILES string of the molecule is C=C(C)C(=O)OCCCCOC(=O)NCC.C=C(C)C(=O)OCCOC(=O)NCC1CC2CCCC1C2.[HH].[HH]. The van der Waals surface area contributed by atoms with Crippen molar-refractivity contribution in [2.75, 3.05) is 39.5 Å². The summed E-state index contributed by atoms with van der Waals surface area (Å²) in [7, 11) is 0. The fourth-order valence-electron chi connectivity index (χ4n) is 4.36. The molecule has 37 heavy (non-hydrogen) atoms. The van der Waals surface area contributed by atoms with Crippen LogP contribution >= 0.6 is 0 Å². The van der Waals surface area contributed by atoms with Crippen LogP contribution in [0.25, 0.3) is 0 Å². The van der Waals surface area contributed by atoms with Gasteiger partial charge in [-0.1, -0.05) is 32.4 Å². The van der Waals surface area contributed by atoms with E-state index in [0.717, 1.165) is 11.8 Å². The van der Waals surface area contributed by atoms with Crippen LogP contribution in [-0.2, 0) is 28.5 Å². The van der Waals surface area contributed by atoms with Crippen LogP contribution in [0.15, 0.2) is 24.3 Å². The quantitative estimate of drug-likeness (QED) is 0.151. The lowest BCUT2D eigenvalue weighted by Crippen LogP contribution is -2.32. The first-order chi connectivity index (χ1) is 17.6. The zero-order valence-corrected chi connectivity index (χ0v) is 22.6. The van der Waals surface area contributed by atoms with Gasteiger partial charge in [0, 0.05) is 27.1 Å². The topological polar surface area (TPSA) is 129 Å². The highest BCUT2D eigenvalue weighted by atomic mass is 16.6. The molecular weight excluding hydrogens is 480 g/mol. The van der Waals surface area contributed by atoms with Crippen LogP contribution < -0.4 is 10.6 Å². The zero-order chi connectivity index (χ0) is 27.6. The van der Waals surface area contributed by atoms with Crippen molar-refractivity contribution in [2.45, 2.75) is 65.7 Å². The number of esters is 2. The summed E-state index contributed by atoms with van der Waals surface area (Å²) in [4.78, 5) is 44.5. The molecule has 0 saturated heterocycles. The Morgan fingerprint density at radius 1 is 0.784 bits per heavy atom. The van der Waals surface area contributed by atoms with Gasteiger partial charge >= 0.3 is 24.1 Å². The molecule has 2 aliphatic carbocycles. The molecule has 0 aromatic carbocycles. The molecule has 2 bridgehead atoms. The number of alkyl carbamates (subject to hydrolysis) is 2. The van der Waals surface area contributed by atoms with E-state index in [1.165, 1.54) is 32.1 Å². The second-order valence-corrected chi connectivity index (χ2v) is 9.51. The second kappa shape index (κ2) is 18.2. The molecular formula is C27H48N2O8. The van der Waals surface area contributed by atoms with Gasteiger partial charge in [-0.3, -0.25) is 0 Å². The maximum Gasteiger partial charge on any atom is 0.407 e. The predicted octanol–water partition coefficient (Wildman–Crippen LogP) is 4.78. The smallest absolute Gasteiger partial charge is 0.407 e. The van der Waals surface area contributed by atoms with Crippen molar-refractivity contribution in [3.05, 3.63) is 24.3 Å². The molecule has 3 unspecified atom stereocenters. The van der Waals surface area contributed by atoms with E-state index < -0.39 is 18.2 Å². The van der Waals surface area contributed by atoms with Crippen LogP contribution in [0.1, 0.15) is 68.6 Å². The summed E-state index contributed by atoms with van der Waals surface area (Å²) in [6.45, 7) is 14.0. The van der Waals surface area contributed by atoms with Gasteiger partial charge in [-0.2, -0.15) is 0 Å². The van der Waals surface area contributed by atoms with Gasteiger partial charge in [-0.25, -0.2) is 19.2 Å². The van der Waals surface area contributed by atoms with Gasteiger partial charge in [0.05, 0.1) is 13.2 Å². The molecule has 2 amide bonds. The summed E-state index contributed by atoms with van der Waals surface area (Å²) in [5, 5.41) is 5.34. The summed E-state index contributed by atoms with van der Waals surface area (Å²) in [6, 6.07) is 0. The number of carbonyl (C=O) groups excluding carboxylic acids is 4. The number of hydrogen-bond acceptors (Lipinski definition) is 8. The normalized spacial score (nSPS) is 19.4. The predicted molar refractivity (Wildman–Crippen MR) is 143 cm³/mol. The maximum atomic E-state index is 11.6. The highest BCUT2D eigenvalue weighted by Gasteiger charge is 2.36. The Morgan fingerprint density at radius 2 is 1.32 bits per heavy atom. The Balaban J connectivity index is 0. The Kier molecular flexibility index (Phi) is 15.8. The van der Waals surface area contributed by atoms with Crippen LogP contribution in [0.5, 0.6) is 0 Å². The first-order valence-corrected chi connectivity index (χ1v) is 13.1. The molecule has 2 N–H and O–H groups in total. The van der Waals surface area contributed by atoms with Gasteiger partial charge in [-0.15, -0.1) is 0 Å². The molecule has 0 aliphatic heterocycles. The lowest BCUT2D eigenvalue weighted by Gasteiger charge is -2.21. The van der Waals surface area contributed by atoms with Crippen molar-refractivity contribution in [1.29, 1.82) is 0 Å². The van der Waals surface area contributed by atoms with E-state index in [1.807, 2.05) is 6.92 Å². The van der Waals surface area contributed by atoms with Crippen LogP contribution in [-0.4, -0.2) is 63.6 Å². The van der Waals surface area contributed by atoms with Crippen molar-refractivity contribution in [3.8, 4) is 0 Å². The average Bonchev–Trinajstić information content (AvgIpc) is 3.14. The molecule has 2 saturated carbocycles. The highest BCUT2D eigenvalue weighted by molar-refractivity contribution is 5.87. The molecule has 2 rings (SSSR count). The maximum absolute atomic E-state index is 11.6. The molecule has 3 atom stereocenters. The molecule has 2 fully saturated rings. The van der Waals surface area contributed by atoms with Gasteiger partial charge < -0.3 is 29.6 Å². The van der Waals surface area contributed by atoms with Crippen molar-refractivity contribution < 1.29 is 41.0 Å². The van der Waals surface area contributed by atoms with E-state index >= 15 is 0 Å². The standard InChI is InChI=1S/C16H25NO4.C11H19NO4.2H2/c1-11(2)15(18)20-6-7-21-16(19)17-10-14-9-12-4-3-5-13(14)8-12;1-4-12-11(14)16-8-6-5-7-15-10(13)9(2)3;;/h12-14H,1,3-10H2,2H3,(H,17,19);2,4-8H2,1,3H3,(H,12,14);2*1H. The lowest BCUT2D eigenvalue weighted by molar-refractivity contribution is -0.140. The van der Waals surface area contributed by atoms with E-state index in [4.69, 9.17) is 18.9 Å². The summed E-state index contributed by atoms with van der Waals surface area (Å²) in [5.74, 6) is 1.40. The van der Waals surface area contributed by atoms with Crippen LogP contribution in [0, 0.1) is 17.8 Å². The lowest BCUT2D eigenvalue weighted by atomic mass is 9.87. The van der Waals surface area contributed by atoms with Crippen molar-refractivity contribution in [3.63, 3.8) is 0 Å². The summed E-state index contributed by atoms with van der Waals surface area (Å²) in [5.41, 5.74) is 0.727. The Labute approximate surface area is 223 Å². The molecule has 10 heteroatoms. The molecule has 2 aliphatic rings. The third-order valence-electron chi connectivity index (χ3n) is 6.21. The molecule has 214 valence electrons. The Bertz CT molecular complexity index is 794. The van der Waals surface area contributed by atoms with Crippen LogP contribution in [0.2, 0.25) is 0 Å². The third-order valence-corrected chi connectivity index (χ3v) is 6.21. The number of unbranched alkanes of at least 4 members (excludes halogenated alkanes) is 1. The molecule has 0 aromatic rings. The second-order valence-electron chi connectivity index (χ2n) is 9.51. The van der Waals surface area contributed by atoms with Crippen LogP contribution in [0.3, 0.4) is 0 Å². The summed E-state index contributed by atoms with van der Waals surface area (Å²) in [6.07, 6.45) is 7.05. The highest BCUT2D eigenvalue weighted by Crippen LogP contribution is 2.45. The first kappa shape index (κ1) is 32.0. The summed E-state index contributed by atoms with van der Waals surface area (Å²) >= 11 is 0. The Morgan fingerprint density at radius 3 is 1.92 bits per heavy atom. The van der Waals surface area contributed by atoms with Crippen molar-refractivity contribution in [2.24, 2.45) is 17.8 Å². The van der Waals surface area contributed by atoms with E-state index in [9.17, 15) is 19.2 Å². The fourth-order valence-corrected chi connectivity index (χ4v) is 4.36. The molecule has 0 spiro atoms. The number of rotatable bonds is 13. The molecule has 0 heterocycles. The zero-order valence-electron chi connectivity index (χ0n) is 22.6. The molecule has 10 nitrogen and oxygen atoms in total. The monoisotopic (exact) mass is 528 g/mol. The van der Waals surface area contributed by atoms with Crippen molar-refractivity contribution in [1.82, 2.24) is 10.6 Å². The average molecular weight is 529 g/mol. The van der Waals surface area contributed by atoms with Gasteiger partial charge in [0.2, 0.25) is 0 Å². The summed E-state index contributed by atoms with van der Waals surface area (Å²) < 4.78 is 19.5. The molecule has 0 radical (unpaired) electrons. The Hall–Kier alpha value is -3.04. The number of ether oxygens (including phenoxy) is 4. The van der Waals surface area contributed by atoms with E-state index in [1.54, 1.807) is 13.8 Å². The van der Waals surface area contributed by atoms with Crippen molar-refractivity contribution >= 4 is 24.1 Å². The van der Waals surface area contributed by atoms with Gasteiger partial charge in [-0.05, 0) is 64.2 Å². The number of fused-ring (bicyclic) bond motifs is 2. The third kappa shape index (κ3) is 14.3. The van der Waals surface area contributed by atoms with E-state index in [-0.39, 0.29) is 22.0 Å². The van der Waals surface area contributed by atoms with Gasteiger partial charge in [0.25, 0.3) is 0 Å². The largest absolute Gasteiger partial charge is 0.462 e. The minimum Gasteiger partial charge on any atom is -0.462 e. The number of amides is 2. The molecule has 0 aromatic heterocycles. The number of carbonyl (C=O) groups is 4. The first-order valence-electron chi connectivity index (χ1n) is 13.1.